The minimum absolute atomic E-state index is 0.0412. The smallest absolute Gasteiger partial charge is 0.407 e. The molecule has 0 aromatic heterocycles. The molecule has 5 N–H and O–H groups in total. The first-order chi connectivity index (χ1) is 19.8. The maximum absolute atomic E-state index is 14.1. The molecule has 0 aliphatic heterocycles. The van der Waals surface area contributed by atoms with Gasteiger partial charge in [-0.2, -0.15) is 0 Å². The number of phenolic OH excluding ortho intramolecular Hbond substituents is 1. The van der Waals surface area contributed by atoms with Gasteiger partial charge in [-0.3, -0.25) is 28.9 Å². The van der Waals surface area contributed by atoms with Crippen molar-refractivity contribution in [1.82, 2.24) is 10.2 Å². The lowest BCUT2D eigenvalue weighted by Gasteiger charge is -2.52. The van der Waals surface area contributed by atoms with E-state index in [1.807, 2.05) is 20.8 Å². The third-order valence-electron chi connectivity index (χ3n) is 8.66. The van der Waals surface area contributed by atoms with Gasteiger partial charge in [-0.1, -0.05) is 20.8 Å². The molecule has 2 fully saturated rings. The van der Waals surface area contributed by atoms with E-state index in [2.05, 4.69) is 5.32 Å². The molecule has 6 atom stereocenters. The standard InChI is InChI=1S/C30H40N4O9/c1-29(2,3)12-43-28(41)32-11-14-10-17(33(4)5)15-8-13-9-16-21(34(6)7)24(37)20(27(31)40)26(39)30(16,42)25(38)18(13)23(36)19(15)22(14)35/h10,13,16,18,20-21,35,42H,8-9,11-12H2,1-7H3,(H2,31,40)(H,32,41)/t13-,16-,18?,20?,21-,30-/m0/s1. The molecular formula is C30H40N4O9. The van der Waals surface area contributed by atoms with E-state index in [9.17, 15) is 39.0 Å². The van der Waals surface area contributed by atoms with Crippen molar-refractivity contribution < 1.29 is 43.7 Å². The number of nitrogens with two attached hydrogens (primary N) is 1. The van der Waals surface area contributed by atoms with E-state index in [1.165, 1.54) is 19.0 Å². The lowest BCUT2D eigenvalue weighted by atomic mass is 9.52. The molecule has 2 saturated carbocycles. The molecule has 2 unspecified atom stereocenters. The Kier molecular flexibility index (Phi) is 8.22. The Bertz CT molecular complexity index is 1410. The summed E-state index contributed by atoms with van der Waals surface area (Å²) in [5.74, 6) is -11.2. The number of aromatic hydroxyl groups is 1. The highest BCUT2D eigenvalue weighted by molar-refractivity contribution is 6.32. The van der Waals surface area contributed by atoms with Gasteiger partial charge in [-0.25, -0.2) is 4.79 Å². The average molecular weight is 601 g/mol. The van der Waals surface area contributed by atoms with Crippen LogP contribution in [0.25, 0.3) is 0 Å². The van der Waals surface area contributed by atoms with Crippen LogP contribution in [-0.2, 0) is 36.9 Å². The number of rotatable bonds is 6. The van der Waals surface area contributed by atoms with Crippen LogP contribution in [-0.4, -0.2) is 96.7 Å². The summed E-state index contributed by atoms with van der Waals surface area (Å²) in [6.45, 7) is 5.67. The number of fused-ring (bicyclic) bond motifs is 3. The van der Waals surface area contributed by atoms with E-state index < -0.39 is 76.2 Å². The van der Waals surface area contributed by atoms with E-state index in [-0.39, 0.29) is 42.5 Å². The second-order valence-corrected chi connectivity index (χ2v) is 13.4. The first kappa shape index (κ1) is 32.1. The van der Waals surface area contributed by atoms with Crippen LogP contribution in [0.3, 0.4) is 0 Å². The van der Waals surface area contributed by atoms with Gasteiger partial charge in [0.15, 0.2) is 34.7 Å². The Hall–Kier alpha value is -3.84. The summed E-state index contributed by atoms with van der Waals surface area (Å²) in [5.41, 5.74) is 3.40. The normalized spacial score (nSPS) is 28.6. The number of carbonyl (C=O) groups excluding carboxylic acids is 6. The van der Waals surface area contributed by atoms with Gasteiger partial charge in [-0.15, -0.1) is 0 Å². The summed E-state index contributed by atoms with van der Waals surface area (Å²) in [4.78, 5) is 82.4. The molecule has 0 saturated heterocycles. The summed E-state index contributed by atoms with van der Waals surface area (Å²) in [6.07, 6.45) is -0.625. The number of hydrogen-bond donors (Lipinski definition) is 4. The highest BCUT2D eigenvalue weighted by atomic mass is 16.5. The Morgan fingerprint density at radius 3 is 2.28 bits per heavy atom. The molecule has 0 radical (unpaired) electrons. The molecule has 13 heteroatoms. The van der Waals surface area contributed by atoms with Gasteiger partial charge < -0.3 is 30.9 Å². The zero-order chi connectivity index (χ0) is 32.3. The van der Waals surface area contributed by atoms with Gasteiger partial charge in [0, 0.05) is 37.8 Å². The van der Waals surface area contributed by atoms with Crippen molar-refractivity contribution in [3.8, 4) is 5.75 Å². The Balaban J connectivity index is 1.76. The predicted octanol–water partition coefficient (Wildman–Crippen LogP) is 0.205. The van der Waals surface area contributed by atoms with Crippen molar-refractivity contribution in [3.63, 3.8) is 0 Å². The Morgan fingerprint density at radius 1 is 1.12 bits per heavy atom. The zero-order valence-corrected chi connectivity index (χ0v) is 25.5. The lowest BCUT2D eigenvalue weighted by molar-refractivity contribution is -0.181. The molecule has 0 spiro atoms. The Labute approximate surface area is 249 Å². The fraction of sp³-hybridized carbons (Fsp3) is 0.600. The average Bonchev–Trinajstić information content (AvgIpc) is 2.88. The van der Waals surface area contributed by atoms with E-state index >= 15 is 0 Å². The number of carbonyl (C=O) groups is 6. The van der Waals surface area contributed by atoms with Crippen LogP contribution in [0.2, 0.25) is 0 Å². The van der Waals surface area contributed by atoms with Crippen molar-refractivity contribution in [2.45, 2.75) is 51.8 Å². The summed E-state index contributed by atoms with van der Waals surface area (Å²) in [7, 11) is 6.55. The third kappa shape index (κ3) is 5.29. The molecule has 2 amide bonds. The number of alkyl carbamates (subject to hydrolysis) is 1. The molecule has 3 aliphatic rings. The Morgan fingerprint density at radius 2 is 1.74 bits per heavy atom. The molecule has 1 aromatic rings. The van der Waals surface area contributed by atoms with E-state index in [1.54, 1.807) is 25.1 Å². The number of ketones is 4. The lowest BCUT2D eigenvalue weighted by Crippen LogP contribution is -2.74. The second kappa shape index (κ2) is 11.0. The fourth-order valence-electron chi connectivity index (χ4n) is 6.74. The van der Waals surface area contributed by atoms with Crippen LogP contribution in [0, 0.1) is 29.1 Å². The summed E-state index contributed by atoms with van der Waals surface area (Å²) >= 11 is 0. The van der Waals surface area contributed by atoms with Crippen molar-refractivity contribution in [2.75, 3.05) is 39.7 Å². The number of aliphatic hydroxyl groups is 1. The van der Waals surface area contributed by atoms with Gasteiger partial charge in [0.05, 0.1) is 24.1 Å². The molecule has 3 aliphatic carbocycles. The van der Waals surface area contributed by atoms with Crippen molar-refractivity contribution in [3.05, 3.63) is 22.8 Å². The second-order valence-electron chi connectivity index (χ2n) is 13.4. The monoisotopic (exact) mass is 600 g/mol. The molecule has 0 heterocycles. The molecule has 0 bridgehead atoms. The van der Waals surface area contributed by atoms with Crippen LogP contribution in [0.5, 0.6) is 5.75 Å². The topological polar surface area (TPSA) is 197 Å². The SMILES string of the molecule is CN(C)c1cc(CNC(=O)OCC(C)(C)C)c(O)c2c1C[C@H]1C[C@H]3[C@H](N(C)C)C(=O)C(C(N)=O)C(=O)[C@@]3(O)C(=O)C1C2=O. The molecule has 1 aromatic carbocycles. The van der Waals surface area contributed by atoms with Crippen molar-refractivity contribution >= 4 is 40.8 Å². The highest BCUT2D eigenvalue weighted by Crippen LogP contribution is 2.52. The van der Waals surface area contributed by atoms with E-state index in [0.29, 0.717) is 11.3 Å². The molecular weight excluding hydrogens is 560 g/mol. The van der Waals surface area contributed by atoms with Crippen LogP contribution in [0.4, 0.5) is 10.5 Å². The zero-order valence-electron chi connectivity index (χ0n) is 25.5. The number of likely N-dealkylation sites (N-methyl/N-ethyl adjacent to an activating group) is 1. The molecule has 4 rings (SSSR count). The van der Waals surface area contributed by atoms with Gasteiger partial charge >= 0.3 is 6.09 Å². The van der Waals surface area contributed by atoms with Gasteiger partial charge in [0.1, 0.15) is 5.75 Å². The van der Waals surface area contributed by atoms with Crippen LogP contribution >= 0.6 is 0 Å². The number of Topliss-reactive ketones (excluding diaryl/α,β-unsaturated/α-hetero) is 4. The molecule has 43 heavy (non-hydrogen) atoms. The number of phenols is 1. The first-order valence-corrected chi connectivity index (χ1v) is 14.1. The van der Waals surface area contributed by atoms with Crippen molar-refractivity contribution in [2.24, 2.45) is 34.8 Å². The third-order valence-corrected chi connectivity index (χ3v) is 8.66. The molecule has 234 valence electrons. The number of amides is 2. The highest BCUT2D eigenvalue weighted by Gasteiger charge is 2.69. The van der Waals surface area contributed by atoms with E-state index in [4.69, 9.17) is 10.5 Å². The van der Waals surface area contributed by atoms with Gasteiger partial charge in [0.2, 0.25) is 5.91 Å². The number of anilines is 1. The van der Waals surface area contributed by atoms with Gasteiger partial charge in [-0.05, 0) is 49.9 Å². The predicted molar refractivity (Wildman–Crippen MR) is 153 cm³/mol. The van der Waals surface area contributed by atoms with Crippen molar-refractivity contribution in [1.29, 1.82) is 0 Å². The maximum Gasteiger partial charge on any atom is 0.407 e. The number of nitrogens with zero attached hydrogens (tertiary/aromatic N) is 2. The fourth-order valence-corrected chi connectivity index (χ4v) is 6.74. The number of benzene rings is 1. The quantitative estimate of drug-likeness (QED) is 0.326. The molecule has 13 nitrogen and oxygen atoms in total. The summed E-state index contributed by atoms with van der Waals surface area (Å²) in [5, 5.41) is 25.6. The summed E-state index contributed by atoms with van der Waals surface area (Å²) < 4.78 is 5.22. The summed E-state index contributed by atoms with van der Waals surface area (Å²) in [6, 6.07) is 0.468. The number of nitrogens with one attached hydrogen (secondary N) is 1. The van der Waals surface area contributed by atoms with Crippen LogP contribution in [0.1, 0.15) is 48.7 Å². The van der Waals surface area contributed by atoms with Crippen LogP contribution in [0.15, 0.2) is 6.07 Å². The minimum Gasteiger partial charge on any atom is -0.507 e. The first-order valence-electron chi connectivity index (χ1n) is 14.1. The number of primary amides is 1. The van der Waals surface area contributed by atoms with E-state index in [0.717, 1.165) is 0 Å². The number of ether oxygens (including phenoxy) is 1. The maximum atomic E-state index is 14.1. The largest absolute Gasteiger partial charge is 0.507 e. The van der Waals surface area contributed by atoms with Crippen LogP contribution < -0.4 is 16.0 Å². The van der Waals surface area contributed by atoms with Gasteiger partial charge in [0.25, 0.3) is 0 Å². The minimum atomic E-state index is -2.80. The number of hydrogen-bond acceptors (Lipinski definition) is 11.